The molecule has 3 rings (SSSR count). The van der Waals surface area contributed by atoms with Gasteiger partial charge in [0.2, 0.25) is 5.91 Å². The van der Waals surface area contributed by atoms with Gasteiger partial charge in [0.1, 0.15) is 0 Å². The molecule has 3 aromatic carbocycles. The summed E-state index contributed by atoms with van der Waals surface area (Å²) in [5.41, 5.74) is 3.48. The van der Waals surface area contributed by atoms with Gasteiger partial charge in [0.15, 0.2) is 0 Å². The number of rotatable bonds is 7. The van der Waals surface area contributed by atoms with E-state index in [0.717, 1.165) is 24.0 Å². The van der Waals surface area contributed by atoms with Crippen LogP contribution in [0.25, 0.3) is 0 Å². The maximum Gasteiger partial charge on any atom is 0.220 e. The molecule has 0 fully saturated rings. The van der Waals surface area contributed by atoms with Gasteiger partial charge in [0.25, 0.3) is 0 Å². The number of hydrogen-bond donors (Lipinski definition) is 1. The molecule has 0 unspecified atom stereocenters. The van der Waals surface area contributed by atoms with Crippen molar-refractivity contribution in [3.63, 3.8) is 0 Å². The molecule has 0 aromatic heterocycles. The number of carbonyl (C=O) groups excluding carboxylic acids is 1. The van der Waals surface area contributed by atoms with Crippen molar-refractivity contribution in [2.75, 3.05) is 0 Å². The van der Waals surface area contributed by atoms with Gasteiger partial charge in [-0.3, -0.25) is 4.79 Å². The summed E-state index contributed by atoms with van der Waals surface area (Å²) < 4.78 is 0. The number of benzene rings is 3. The molecule has 0 aliphatic carbocycles. The molecule has 0 spiro atoms. The molecule has 0 saturated carbocycles. The first-order chi connectivity index (χ1) is 12.3. The molecule has 3 aromatic rings. The van der Waals surface area contributed by atoms with Crippen molar-refractivity contribution < 1.29 is 4.79 Å². The highest BCUT2D eigenvalue weighted by atomic mass is 16.1. The summed E-state index contributed by atoms with van der Waals surface area (Å²) in [6.45, 7) is 0. The Morgan fingerprint density at radius 3 is 1.72 bits per heavy atom. The van der Waals surface area contributed by atoms with Gasteiger partial charge in [0.05, 0.1) is 6.04 Å². The Morgan fingerprint density at radius 1 is 0.720 bits per heavy atom. The number of aryl methyl sites for hydroxylation is 1. The van der Waals surface area contributed by atoms with E-state index in [0.29, 0.717) is 6.42 Å². The van der Waals surface area contributed by atoms with E-state index in [2.05, 4.69) is 41.7 Å². The fraction of sp³-hybridized carbons (Fsp3) is 0.174. The quantitative estimate of drug-likeness (QED) is 0.655. The summed E-state index contributed by atoms with van der Waals surface area (Å²) in [4.78, 5) is 12.5. The van der Waals surface area contributed by atoms with E-state index < -0.39 is 0 Å². The second-order valence-corrected chi connectivity index (χ2v) is 6.16. The number of hydrogen-bond acceptors (Lipinski definition) is 1. The maximum absolute atomic E-state index is 12.5. The van der Waals surface area contributed by atoms with E-state index >= 15 is 0 Å². The molecular weight excluding hydrogens is 306 g/mol. The van der Waals surface area contributed by atoms with Gasteiger partial charge in [-0.15, -0.1) is 0 Å². The van der Waals surface area contributed by atoms with Gasteiger partial charge < -0.3 is 5.32 Å². The molecule has 126 valence electrons. The van der Waals surface area contributed by atoms with Crippen molar-refractivity contribution in [1.82, 2.24) is 5.32 Å². The topological polar surface area (TPSA) is 29.1 Å². The Morgan fingerprint density at radius 2 is 1.20 bits per heavy atom. The highest BCUT2D eigenvalue weighted by molar-refractivity contribution is 5.77. The minimum Gasteiger partial charge on any atom is -0.345 e. The van der Waals surface area contributed by atoms with Crippen LogP contribution in [0.5, 0.6) is 0 Å². The van der Waals surface area contributed by atoms with Crippen LogP contribution < -0.4 is 5.32 Å². The molecule has 1 amide bonds. The smallest absolute Gasteiger partial charge is 0.220 e. The fourth-order valence-electron chi connectivity index (χ4n) is 2.98. The lowest BCUT2D eigenvalue weighted by atomic mass is 9.98. The minimum absolute atomic E-state index is 0.0913. The van der Waals surface area contributed by atoms with Crippen molar-refractivity contribution in [1.29, 1.82) is 0 Å². The number of nitrogens with one attached hydrogen (secondary N) is 1. The molecule has 25 heavy (non-hydrogen) atoms. The standard InChI is InChI=1S/C23H23NO/c25-22(18-10-13-19-11-4-1-5-12-19)24-23(20-14-6-2-7-15-20)21-16-8-3-9-17-21/h1-9,11-12,14-17,23H,10,13,18H2,(H,24,25). The third-order valence-corrected chi connectivity index (χ3v) is 4.28. The van der Waals surface area contributed by atoms with Gasteiger partial charge in [-0.2, -0.15) is 0 Å². The third-order valence-electron chi connectivity index (χ3n) is 4.28. The second kappa shape index (κ2) is 8.84. The molecule has 0 bridgehead atoms. The van der Waals surface area contributed by atoms with Crippen molar-refractivity contribution in [3.05, 3.63) is 108 Å². The fourth-order valence-corrected chi connectivity index (χ4v) is 2.98. The summed E-state index contributed by atoms with van der Waals surface area (Å²) in [6.07, 6.45) is 2.31. The zero-order valence-electron chi connectivity index (χ0n) is 14.3. The molecule has 0 saturated heterocycles. The summed E-state index contributed by atoms with van der Waals surface area (Å²) >= 11 is 0. The zero-order valence-corrected chi connectivity index (χ0v) is 14.3. The molecule has 0 atom stereocenters. The average Bonchev–Trinajstić information content (AvgIpc) is 2.68. The molecule has 1 N–H and O–H groups in total. The SMILES string of the molecule is O=C(CCCc1ccccc1)NC(c1ccccc1)c1ccccc1. The average molecular weight is 329 g/mol. The first-order valence-corrected chi connectivity index (χ1v) is 8.76. The number of carbonyl (C=O) groups is 1. The van der Waals surface area contributed by atoms with Crippen LogP contribution in [-0.4, -0.2) is 5.91 Å². The van der Waals surface area contributed by atoms with E-state index in [1.54, 1.807) is 0 Å². The van der Waals surface area contributed by atoms with Crippen LogP contribution in [0.1, 0.15) is 35.6 Å². The monoisotopic (exact) mass is 329 g/mol. The Kier molecular flexibility index (Phi) is 6.00. The van der Waals surface area contributed by atoms with Crippen LogP contribution in [0.2, 0.25) is 0 Å². The molecule has 2 heteroatoms. The molecule has 0 radical (unpaired) electrons. The third kappa shape index (κ3) is 5.05. The van der Waals surface area contributed by atoms with Crippen molar-refractivity contribution in [2.24, 2.45) is 0 Å². The summed E-state index contributed by atoms with van der Waals surface area (Å²) in [7, 11) is 0. The van der Waals surface area contributed by atoms with Crippen LogP contribution in [0, 0.1) is 0 Å². The summed E-state index contributed by atoms with van der Waals surface area (Å²) in [5.74, 6) is 0.0913. The van der Waals surface area contributed by atoms with Gasteiger partial charge in [-0.05, 0) is 29.5 Å². The van der Waals surface area contributed by atoms with Crippen molar-refractivity contribution in [2.45, 2.75) is 25.3 Å². The molecule has 0 aliphatic heterocycles. The van der Waals surface area contributed by atoms with Gasteiger partial charge in [-0.1, -0.05) is 91.0 Å². The highest BCUT2D eigenvalue weighted by Crippen LogP contribution is 2.22. The van der Waals surface area contributed by atoms with Crippen LogP contribution in [0.15, 0.2) is 91.0 Å². The molecular formula is C23H23NO. The van der Waals surface area contributed by atoms with Crippen LogP contribution in [-0.2, 0) is 11.2 Å². The largest absolute Gasteiger partial charge is 0.345 e. The lowest BCUT2D eigenvalue weighted by Gasteiger charge is -2.20. The van der Waals surface area contributed by atoms with Crippen LogP contribution in [0.4, 0.5) is 0 Å². The molecule has 2 nitrogen and oxygen atoms in total. The van der Waals surface area contributed by atoms with Gasteiger partial charge >= 0.3 is 0 Å². The van der Waals surface area contributed by atoms with E-state index in [9.17, 15) is 4.79 Å². The minimum atomic E-state index is -0.105. The maximum atomic E-state index is 12.5. The first-order valence-electron chi connectivity index (χ1n) is 8.76. The van der Waals surface area contributed by atoms with Crippen LogP contribution in [0.3, 0.4) is 0 Å². The predicted molar refractivity (Wildman–Crippen MR) is 102 cm³/mol. The van der Waals surface area contributed by atoms with Crippen molar-refractivity contribution >= 4 is 5.91 Å². The molecule has 0 aliphatic rings. The van der Waals surface area contributed by atoms with E-state index in [1.165, 1.54) is 5.56 Å². The van der Waals surface area contributed by atoms with E-state index in [1.807, 2.05) is 54.6 Å². The highest BCUT2D eigenvalue weighted by Gasteiger charge is 2.16. The summed E-state index contributed by atoms with van der Waals surface area (Å²) in [5, 5.41) is 3.20. The van der Waals surface area contributed by atoms with Gasteiger partial charge in [0, 0.05) is 6.42 Å². The summed E-state index contributed by atoms with van der Waals surface area (Å²) in [6, 6.07) is 30.4. The number of amides is 1. The normalized spacial score (nSPS) is 10.6. The first kappa shape index (κ1) is 17.0. The van der Waals surface area contributed by atoms with E-state index in [-0.39, 0.29) is 11.9 Å². The Bertz CT molecular complexity index is 729. The van der Waals surface area contributed by atoms with Crippen molar-refractivity contribution in [3.8, 4) is 0 Å². The Balaban J connectivity index is 1.63. The second-order valence-electron chi connectivity index (χ2n) is 6.16. The zero-order chi connectivity index (χ0) is 17.3. The predicted octanol–water partition coefficient (Wildman–Crippen LogP) is 4.92. The van der Waals surface area contributed by atoms with E-state index in [4.69, 9.17) is 0 Å². The Hall–Kier alpha value is -2.87. The Labute approximate surface area is 149 Å². The lowest BCUT2D eigenvalue weighted by molar-refractivity contribution is -0.121. The van der Waals surface area contributed by atoms with Gasteiger partial charge in [-0.25, -0.2) is 0 Å². The van der Waals surface area contributed by atoms with Crippen LogP contribution >= 0.6 is 0 Å². The lowest BCUT2D eigenvalue weighted by Crippen LogP contribution is -2.29. The molecule has 0 heterocycles.